The first-order valence-corrected chi connectivity index (χ1v) is 12.7. The summed E-state index contributed by atoms with van der Waals surface area (Å²) in [6.45, 7) is 0. The van der Waals surface area contributed by atoms with Crippen LogP contribution in [0.1, 0.15) is 16.4 Å². The fourth-order valence-electron chi connectivity index (χ4n) is 3.00. The van der Waals surface area contributed by atoms with E-state index in [1.165, 1.54) is 60.7 Å². The summed E-state index contributed by atoms with van der Waals surface area (Å²) >= 11 is -0.714. The van der Waals surface area contributed by atoms with Gasteiger partial charge in [0.2, 0.25) is 0 Å². The van der Waals surface area contributed by atoms with Crippen LogP contribution in [0.4, 0.5) is 74.6 Å². The molecule has 0 aliphatic heterocycles. The van der Waals surface area contributed by atoms with Crippen LogP contribution in [0.25, 0.3) is 0 Å². The number of hydrogen-bond acceptors (Lipinski definition) is 4. The molecular formula is C21H11F17O3S2. The molecule has 0 bridgehead atoms. The normalized spacial score (nSPS) is 15.2. The van der Waals surface area contributed by atoms with Gasteiger partial charge in [0, 0.05) is 12.0 Å². The lowest BCUT2D eigenvalue weighted by atomic mass is 9.91. The molecule has 0 radical (unpaired) electrons. The molecule has 0 unspecified atom stereocenters. The van der Waals surface area contributed by atoms with Gasteiger partial charge in [-0.3, -0.25) is 0 Å². The molecule has 2 aromatic rings. The molecule has 0 saturated heterocycles. The third-order valence-corrected chi connectivity index (χ3v) is 8.09. The summed E-state index contributed by atoms with van der Waals surface area (Å²) < 4.78 is 256. The van der Waals surface area contributed by atoms with Crippen molar-refractivity contribution in [1.29, 1.82) is 0 Å². The van der Waals surface area contributed by atoms with Crippen molar-refractivity contribution in [2.75, 3.05) is 0 Å². The summed E-state index contributed by atoms with van der Waals surface area (Å²) in [5.41, 5.74) is -0.0957. The summed E-state index contributed by atoms with van der Waals surface area (Å²) in [5.74, 6) is -52.0. The standard InChI is InChI=1S/C21H11F17O3S2/c22-14(23,16(26,27)18(30,31)20(34,35)36)15(24,25)17(28,29)19(32,33)21(37,38)43(39,40)41-42-13(11-7-3-1-4-8-11)12-9-5-2-6-10-12/h1-10,13H. The molecule has 0 aromatic heterocycles. The second kappa shape index (κ2) is 11.1. The molecule has 0 N–H and O–H groups in total. The predicted octanol–water partition coefficient (Wildman–Crippen LogP) is 8.74. The summed E-state index contributed by atoms with van der Waals surface area (Å²) in [4.78, 5) is 0. The van der Waals surface area contributed by atoms with Gasteiger partial charge in [-0.25, -0.2) is 0 Å². The molecule has 0 saturated carbocycles. The van der Waals surface area contributed by atoms with Crippen LogP contribution < -0.4 is 0 Å². The Kier molecular flexibility index (Phi) is 9.51. The molecule has 43 heavy (non-hydrogen) atoms. The van der Waals surface area contributed by atoms with E-state index in [4.69, 9.17) is 0 Å². The first kappa shape index (κ1) is 36.7. The molecule has 0 aliphatic rings. The van der Waals surface area contributed by atoms with E-state index in [0.717, 1.165) is 0 Å². The zero-order valence-corrected chi connectivity index (χ0v) is 21.5. The Labute approximate surface area is 233 Å². The summed E-state index contributed by atoms with van der Waals surface area (Å²) in [6.07, 6.45) is -7.90. The minimum absolute atomic E-state index is 0.0479. The van der Waals surface area contributed by atoms with E-state index in [0.29, 0.717) is 0 Å². The highest BCUT2D eigenvalue weighted by Gasteiger charge is 2.96. The van der Waals surface area contributed by atoms with E-state index < -0.39 is 74.4 Å². The zero-order valence-electron chi connectivity index (χ0n) is 19.8. The molecular weight excluding hydrogens is 687 g/mol. The van der Waals surface area contributed by atoms with Crippen LogP contribution in [-0.2, 0) is 13.7 Å². The van der Waals surface area contributed by atoms with Gasteiger partial charge < -0.3 is 0 Å². The average Bonchev–Trinajstić information content (AvgIpc) is 2.88. The van der Waals surface area contributed by atoms with Crippen LogP contribution in [0, 0.1) is 0 Å². The van der Waals surface area contributed by atoms with E-state index in [1.807, 2.05) is 0 Å². The van der Waals surface area contributed by atoms with Gasteiger partial charge >= 0.3 is 57.1 Å². The second-order valence-electron chi connectivity index (χ2n) is 8.28. The van der Waals surface area contributed by atoms with Crippen LogP contribution in [-0.4, -0.2) is 55.4 Å². The number of rotatable bonds is 12. The SMILES string of the molecule is O=S(=O)(OSC(c1ccccc1)c1ccccc1)C(F)(F)C(F)(F)C(F)(F)C(F)(F)C(F)(F)C(F)(F)C(F)(F)C(F)(F)F. The molecule has 0 fully saturated rings. The van der Waals surface area contributed by atoms with Crippen LogP contribution in [0.15, 0.2) is 60.7 Å². The molecule has 0 amide bonds. The first-order valence-electron chi connectivity index (χ1n) is 10.5. The number of benzene rings is 2. The first-order chi connectivity index (χ1) is 19.1. The molecule has 0 atom stereocenters. The maximum Gasteiger partial charge on any atom is 0.460 e. The fraction of sp³-hybridized carbons (Fsp3) is 0.429. The van der Waals surface area contributed by atoms with Gasteiger partial charge in [-0.15, -0.1) is 0 Å². The average molecular weight is 698 g/mol. The lowest BCUT2D eigenvalue weighted by Crippen LogP contribution is -2.75. The van der Waals surface area contributed by atoms with Crippen molar-refractivity contribution in [1.82, 2.24) is 0 Å². The van der Waals surface area contributed by atoms with Gasteiger partial charge in [-0.2, -0.15) is 86.7 Å². The smallest absolute Gasteiger partial charge is 0.192 e. The van der Waals surface area contributed by atoms with Crippen LogP contribution in [0.3, 0.4) is 0 Å². The third-order valence-electron chi connectivity index (χ3n) is 5.44. The summed E-state index contributed by atoms with van der Waals surface area (Å²) in [7, 11) is -7.70. The highest BCUT2D eigenvalue weighted by molar-refractivity contribution is 8.05. The maximum atomic E-state index is 14.3. The minimum Gasteiger partial charge on any atom is -0.192 e. The van der Waals surface area contributed by atoms with Crippen LogP contribution >= 0.6 is 12.0 Å². The molecule has 2 rings (SSSR count). The van der Waals surface area contributed by atoms with Gasteiger partial charge in [0.1, 0.15) is 0 Å². The van der Waals surface area contributed by atoms with Crippen molar-refractivity contribution in [3.8, 4) is 0 Å². The van der Waals surface area contributed by atoms with Crippen molar-refractivity contribution in [2.45, 2.75) is 52.2 Å². The summed E-state index contributed by atoms with van der Waals surface area (Å²) in [6, 6.07) is 12.5. The molecule has 2 aromatic carbocycles. The van der Waals surface area contributed by atoms with E-state index in [1.54, 1.807) is 0 Å². The largest absolute Gasteiger partial charge is 0.460 e. The topological polar surface area (TPSA) is 43.4 Å². The Balaban J connectivity index is 2.55. The molecule has 0 heterocycles. The van der Waals surface area contributed by atoms with Crippen LogP contribution in [0.5, 0.6) is 0 Å². The molecule has 244 valence electrons. The van der Waals surface area contributed by atoms with Crippen molar-refractivity contribution in [3.05, 3.63) is 71.8 Å². The Hall–Kier alpha value is -2.49. The summed E-state index contributed by atoms with van der Waals surface area (Å²) in [5, 5.41) is -9.35. The Morgan fingerprint density at radius 2 is 0.791 bits per heavy atom. The predicted molar refractivity (Wildman–Crippen MR) is 113 cm³/mol. The minimum atomic E-state index is -8.91. The van der Waals surface area contributed by atoms with E-state index in [-0.39, 0.29) is 11.1 Å². The lowest BCUT2D eigenvalue weighted by molar-refractivity contribution is -0.458. The van der Waals surface area contributed by atoms with Gasteiger partial charge in [-0.1, -0.05) is 60.7 Å². The van der Waals surface area contributed by atoms with E-state index in [9.17, 15) is 83.1 Å². The fourth-order valence-corrected chi connectivity index (χ4v) is 5.05. The van der Waals surface area contributed by atoms with Gasteiger partial charge in [0.05, 0.1) is 5.25 Å². The van der Waals surface area contributed by atoms with Crippen molar-refractivity contribution in [3.63, 3.8) is 0 Å². The number of halogens is 17. The highest BCUT2D eigenvalue weighted by atomic mass is 32.3. The second-order valence-corrected chi connectivity index (χ2v) is 10.9. The Morgan fingerprint density at radius 1 is 0.488 bits per heavy atom. The van der Waals surface area contributed by atoms with Crippen molar-refractivity contribution < 1.29 is 86.7 Å². The van der Waals surface area contributed by atoms with Gasteiger partial charge in [0.15, 0.2) is 0 Å². The highest BCUT2D eigenvalue weighted by Crippen LogP contribution is 2.64. The quantitative estimate of drug-likeness (QED) is 0.164. The number of alkyl halides is 17. The Bertz CT molecular complexity index is 1320. The maximum absolute atomic E-state index is 14.3. The van der Waals surface area contributed by atoms with Crippen LogP contribution in [0.2, 0.25) is 0 Å². The van der Waals surface area contributed by atoms with Gasteiger partial charge in [0.25, 0.3) is 0 Å². The monoisotopic (exact) mass is 698 g/mol. The number of hydrogen-bond donors (Lipinski definition) is 0. The van der Waals surface area contributed by atoms with E-state index >= 15 is 0 Å². The molecule has 3 nitrogen and oxygen atoms in total. The molecule has 0 aliphatic carbocycles. The van der Waals surface area contributed by atoms with E-state index in [2.05, 4.69) is 3.63 Å². The van der Waals surface area contributed by atoms with Crippen molar-refractivity contribution >= 4 is 22.2 Å². The Morgan fingerprint density at radius 3 is 1.12 bits per heavy atom. The molecule has 0 spiro atoms. The zero-order chi connectivity index (χ0) is 33.7. The third kappa shape index (κ3) is 5.61. The molecule has 22 heteroatoms. The lowest BCUT2D eigenvalue weighted by Gasteiger charge is -2.42. The van der Waals surface area contributed by atoms with Crippen molar-refractivity contribution in [2.24, 2.45) is 0 Å². The van der Waals surface area contributed by atoms with Gasteiger partial charge in [-0.05, 0) is 11.1 Å².